The summed E-state index contributed by atoms with van der Waals surface area (Å²) in [6.45, 7) is 8.15. The van der Waals surface area contributed by atoms with Gasteiger partial charge in [-0.2, -0.15) is 0 Å². The molecular formula is C12H24N2O2. The van der Waals surface area contributed by atoms with Gasteiger partial charge in [-0.1, -0.05) is 6.92 Å². The van der Waals surface area contributed by atoms with E-state index in [2.05, 4.69) is 17.6 Å². The molecule has 2 N–H and O–H groups in total. The smallest absolute Gasteiger partial charge is 0.234 e. The number of hydrogen-bond acceptors (Lipinski definition) is 3. The molecule has 1 aliphatic heterocycles. The van der Waals surface area contributed by atoms with E-state index in [9.17, 15) is 4.79 Å². The molecule has 0 bridgehead atoms. The topological polar surface area (TPSA) is 50.4 Å². The van der Waals surface area contributed by atoms with Gasteiger partial charge in [-0.05, 0) is 33.1 Å². The van der Waals surface area contributed by atoms with E-state index in [-0.39, 0.29) is 11.4 Å². The van der Waals surface area contributed by atoms with Gasteiger partial charge in [0.15, 0.2) is 0 Å². The Balaban J connectivity index is 2.10. The predicted molar refractivity (Wildman–Crippen MR) is 64.4 cm³/mol. The standard InChI is InChI=1S/C12H24N2O2/c1-4-12(2,3)14-11(15)9-13-8-10-6-5-7-16-10/h10,13H,4-9H2,1-3H3,(H,14,15). The van der Waals surface area contributed by atoms with E-state index in [1.807, 2.05) is 13.8 Å². The van der Waals surface area contributed by atoms with Crippen LogP contribution in [-0.2, 0) is 9.53 Å². The fraction of sp³-hybridized carbons (Fsp3) is 0.917. The Morgan fingerprint density at radius 2 is 2.25 bits per heavy atom. The summed E-state index contributed by atoms with van der Waals surface area (Å²) < 4.78 is 5.46. The Bertz CT molecular complexity index is 223. The van der Waals surface area contributed by atoms with Gasteiger partial charge < -0.3 is 15.4 Å². The minimum Gasteiger partial charge on any atom is -0.377 e. The first-order valence-corrected chi connectivity index (χ1v) is 6.17. The summed E-state index contributed by atoms with van der Waals surface area (Å²) in [4.78, 5) is 11.6. The van der Waals surface area contributed by atoms with Crippen molar-refractivity contribution in [2.45, 2.75) is 51.7 Å². The highest BCUT2D eigenvalue weighted by molar-refractivity contribution is 5.78. The van der Waals surface area contributed by atoms with Crippen molar-refractivity contribution in [3.8, 4) is 0 Å². The molecule has 0 radical (unpaired) electrons. The van der Waals surface area contributed by atoms with Crippen LogP contribution in [0.2, 0.25) is 0 Å². The van der Waals surface area contributed by atoms with Crippen molar-refractivity contribution < 1.29 is 9.53 Å². The molecule has 94 valence electrons. The summed E-state index contributed by atoms with van der Waals surface area (Å²) in [5, 5.41) is 6.13. The van der Waals surface area contributed by atoms with Crippen LogP contribution < -0.4 is 10.6 Å². The molecule has 0 aromatic carbocycles. The Morgan fingerprint density at radius 3 is 2.81 bits per heavy atom. The molecule has 16 heavy (non-hydrogen) atoms. The van der Waals surface area contributed by atoms with Gasteiger partial charge in [-0.15, -0.1) is 0 Å². The van der Waals surface area contributed by atoms with Crippen LogP contribution in [0.15, 0.2) is 0 Å². The van der Waals surface area contributed by atoms with E-state index in [1.54, 1.807) is 0 Å². The Hall–Kier alpha value is -0.610. The summed E-state index contributed by atoms with van der Waals surface area (Å²) in [5.41, 5.74) is -0.109. The van der Waals surface area contributed by atoms with Gasteiger partial charge >= 0.3 is 0 Å². The molecule has 1 atom stereocenters. The van der Waals surface area contributed by atoms with Crippen molar-refractivity contribution in [2.24, 2.45) is 0 Å². The number of hydrogen-bond donors (Lipinski definition) is 2. The van der Waals surface area contributed by atoms with Gasteiger partial charge in [0, 0.05) is 18.7 Å². The molecule has 0 saturated carbocycles. The van der Waals surface area contributed by atoms with Crippen molar-refractivity contribution in [1.82, 2.24) is 10.6 Å². The van der Waals surface area contributed by atoms with Crippen molar-refractivity contribution >= 4 is 5.91 Å². The molecule has 1 amide bonds. The minimum atomic E-state index is -0.109. The molecule has 1 heterocycles. The van der Waals surface area contributed by atoms with Crippen molar-refractivity contribution in [3.63, 3.8) is 0 Å². The monoisotopic (exact) mass is 228 g/mol. The highest BCUT2D eigenvalue weighted by Crippen LogP contribution is 2.10. The number of rotatable bonds is 6. The molecule has 0 aliphatic carbocycles. The van der Waals surface area contributed by atoms with Crippen LogP contribution in [0, 0.1) is 0 Å². The first kappa shape index (κ1) is 13.5. The van der Waals surface area contributed by atoms with Crippen LogP contribution in [0.5, 0.6) is 0 Å². The molecule has 0 spiro atoms. The average molecular weight is 228 g/mol. The normalized spacial score (nSPS) is 21.1. The van der Waals surface area contributed by atoms with Crippen molar-refractivity contribution in [2.75, 3.05) is 19.7 Å². The minimum absolute atomic E-state index is 0.0600. The molecule has 0 aromatic heterocycles. The second-order valence-electron chi connectivity index (χ2n) is 5.05. The Labute approximate surface area is 98.1 Å². The number of carbonyl (C=O) groups is 1. The van der Waals surface area contributed by atoms with Gasteiger partial charge in [-0.3, -0.25) is 4.79 Å². The molecule has 4 nitrogen and oxygen atoms in total. The molecule has 1 saturated heterocycles. The third-order valence-corrected chi connectivity index (χ3v) is 3.04. The lowest BCUT2D eigenvalue weighted by atomic mass is 10.0. The first-order chi connectivity index (χ1) is 7.53. The van der Waals surface area contributed by atoms with E-state index in [1.165, 1.54) is 0 Å². The SMILES string of the molecule is CCC(C)(C)NC(=O)CNCC1CCCO1. The van der Waals surface area contributed by atoms with E-state index < -0.39 is 0 Å². The highest BCUT2D eigenvalue weighted by atomic mass is 16.5. The maximum atomic E-state index is 11.6. The second-order valence-corrected chi connectivity index (χ2v) is 5.05. The lowest BCUT2D eigenvalue weighted by Gasteiger charge is -2.24. The summed E-state index contributed by atoms with van der Waals surface area (Å²) >= 11 is 0. The molecule has 1 unspecified atom stereocenters. The van der Waals surface area contributed by atoms with Crippen LogP contribution in [0.4, 0.5) is 0 Å². The quantitative estimate of drug-likeness (QED) is 0.714. The van der Waals surface area contributed by atoms with Crippen molar-refractivity contribution in [3.05, 3.63) is 0 Å². The van der Waals surface area contributed by atoms with Crippen LogP contribution in [0.25, 0.3) is 0 Å². The summed E-state index contributed by atoms with van der Waals surface area (Å²) in [7, 11) is 0. The number of nitrogens with one attached hydrogen (secondary N) is 2. The lowest BCUT2D eigenvalue weighted by molar-refractivity contribution is -0.121. The van der Waals surface area contributed by atoms with Gasteiger partial charge in [-0.25, -0.2) is 0 Å². The van der Waals surface area contributed by atoms with Crippen molar-refractivity contribution in [1.29, 1.82) is 0 Å². The fourth-order valence-corrected chi connectivity index (χ4v) is 1.66. The average Bonchev–Trinajstić information content (AvgIpc) is 2.70. The van der Waals surface area contributed by atoms with Gasteiger partial charge in [0.1, 0.15) is 0 Å². The van der Waals surface area contributed by atoms with E-state index in [0.717, 1.165) is 32.4 Å². The van der Waals surface area contributed by atoms with Crippen LogP contribution in [0.1, 0.15) is 40.0 Å². The number of amides is 1. The van der Waals surface area contributed by atoms with Crippen LogP contribution in [0.3, 0.4) is 0 Å². The summed E-state index contributed by atoms with van der Waals surface area (Å²) in [6, 6.07) is 0. The number of ether oxygens (including phenoxy) is 1. The van der Waals surface area contributed by atoms with E-state index in [4.69, 9.17) is 4.74 Å². The van der Waals surface area contributed by atoms with Crippen LogP contribution in [-0.4, -0.2) is 37.2 Å². The third-order valence-electron chi connectivity index (χ3n) is 3.04. The third kappa shape index (κ3) is 4.94. The molecule has 4 heteroatoms. The van der Waals surface area contributed by atoms with E-state index in [0.29, 0.717) is 12.6 Å². The second kappa shape index (κ2) is 6.21. The van der Waals surface area contributed by atoms with Gasteiger partial charge in [0.2, 0.25) is 5.91 Å². The van der Waals surface area contributed by atoms with Gasteiger partial charge in [0.05, 0.1) is 12.6 Å². The Kier molecular flexibility index (Phi) is 5.22. The largest absolute Gasteiger partial charge is 0.377 e. The molecule has 0 aromatic rings. The molecule has 1 fully saturated rings. The molecule has 1 aliphatic rings. The maximum absolute atomic E-state index is 11.6. The zero-order valence-electron chi connectivity index (χ0n) is 10.6. The van der Waals surface area contributed by atoms with Crippen LogP contribution >= 0.6 is 0 Å². The highest BCUT2D eigenvalue weighted by Gasteiger charge is 2.18. The molecule has 1 rings (SSSR count). The lowest BCUT2D eigenvalue weighted by Crippen LogP contribution is -2.47. The zero-order valence-corrected chi connectivity index (χ0v) is 10.6. The van der Waals surface area contributed by atoms with E-state index >= 15 is 0 Å². The van der Waals surface area contributed by atoms with Gasteiger partial charge in [0.25, 0.3) is 0 Å². The zero-order chi connectivity index (χ0) is 12.0. The summed E-state index contributed by atoms with van der Waals surface area (Å²) in [6.07, 6.45) is 3.48. The number of carbonyl (C=O) groups excluding carboxylic acids is 1. The predicted octanol–water partition coefficient (Wildman–Crippen LogP) is 1.06. The fourth-order valence-electron chi connectivity index (χ4n) is 1.66. The molecular weight excluding hydrogens is 204 g/mol. The summed E-state index contributed by atoms with van der Waals surface area (Å²) in [5.74, 6) is 0.0600. The maximum Gasteiger partial charge on any atom is 0.234 e. The first-order valence-electron chi connectivity index (χ1n) is 6.17. The Morgan fingerprint density at radius 1 is 1.50 bits per heavy atom.